The smallest absolute Gasteiger partial charge is 0.278 e. The summed E-state index contributed by atoms with van der Waals surface area (Å²) in [6.45, 7) is 0. The molecule has 2 heterocycles. The highest BCUT2D eigenvalue weighted by atomic mass is 127. The summed E-state index contributed by atoms with van der Waals surface area (Å²) in [6.07, 6.45) is 1.46. The van der Waals surface area contributed by atoms with Crippen LogP contribution >= 0.6 is 22.6 Å². The lowest BCUT2D eigenvalue weighted by atomic mass is 10.3. The Balaban J connectivity index is 2.39. The lowest BCUT2D eigenvalue weighted by Crippen LogP contribution is -1.84. The Labute approximate surface area is 92.9 Å². The Morgan fingerprint density at radius 1 is 1.36 bits per heavy atom. The number of nitriles is 1. The van der Waals surface area contributed by atoms with Crippen LogP contribution < -0.4 is 0 Å². The average molecular weight is 298 g/mol. The maximum absolute atomic E-state index is 8.56. The van der Waals surface area contributed by atoms with Crippen LogP contribution in [0.15, 0.2) is 22.7 Å². The number of pyridine rings is 1. The van der Waals surface area contributed by atoms with Gasteiger partial charge >= 0.3 is 0 Å². The minimum absolute atomic E-state index is 0.360. The number of rotatable bonds is 1. The van der Waals surface area contributed by atoms with Crippen molar-refractivity contribution < 1.29 is 4.42 Å². The van der Waals surface area contributed by atoms with E-state index in [0.717, 1.165) is 0 Å². The van der Waals surface area contributed by atoms with Crippen molar-refractivity contribution in [1.29, 1.82) is 5.26 Å². The summed E-state index contributed by atoms with van der Waals surface area (Å²) < 4.78 is 5.62. The van der Waals surface area contributed by atoms with Gasteiger partial charge in [0.1, 0.15) is 11.8 Å². The second-order valence-corrected chi connectivity index (χ2v) is 3.33. The molecule has 2 rings (SSSR count). The molecule has 0 radical (unpaired) electrons. The molecule has 0 aliphatic carbocycles. The van der Waals surface area contributed by atoms with Gasteiger partial charge in [-0.15, -0.1) is 10.2 Å². The van der Waals surface area contributed by atoms with Crippen molar-refractivity contribution >= 4 is 22.6 Å². The molecule has 0 spiro atoms. The standard InChI is InChI=1S/C8H3IN4O/c9-8-13-12-7(14-8)6-2-1-5(3-10)4-11-6/h1-2,4H. The maximum Gasteiger partial charge on any atom is 0.278 e. The third-order valence-electron chi connectivity index (χ3n) is 1.51. The van der Waals surface area contributed by atoms with Gasteiger partial charge in [-0.05, 0) is 12.1 Å². The van der Waals surface area contributed by atoms with E-state index in [4.69, 9.17) is 9.68 Å². The highest BCUT2D eigenvalue weighted by Crippen LogP contribution is 2.15. The van der Waals surface area contributed by atoms with Crippen molar-refractivity contribution in [1.82, 2.24) is 15.2 Å². The zero-order chi connectivity index (χ0) is 9.97. The number of halogens is 1. The molecule has 68 valence electrons. The van der Waals surface area contributed by atoms with Crippen LogP contribution in [0.2, 0.25) is 0 Å². The molecular weight excluding hydrogens is 295 g/mol. The van der Waals surface area contributed by atoms with Crippen molar-refractivity contribution in [3.05, 3.63) is 27.8 Å². The molecule has 0 fully saturated rings. The number of nitrogens with zero attached hydrogens (tertiary/aromatic N) is 4. The first kappa shape index (κ1) is 9.08. The summed E-state index contributed by atoms with van der Waals surface area (Å²) in [7, 11) is 0. The van der Waals surface area contributed by atoms with E-state index < -0.39 is 0 Å². The molecule has 0 aliphatic heterocycles. The topological polar surface area (TPSA) is 75.6 Å². The fraction of sp³-hybridized carbons (Fsp3) is 0. The van der Waals surface area contributed by atoms with Crippen LogP contribution in [0.3, 0.4) is 0 Å². The number of hydrogen-bond donors (Lipinski definition) is 0. The van der Waals surface area contributed by atoms with Crippen LogP contribution in [0.25, 0.3) is 11.6 Å². The van der Waals surface area contributed by atoms with Crippen molar-refractivity contribution in [2.24, 2.45) is 0 Å². The third-order valence-corrected chi connectivity index (χ3v) is 1.95. The van der Waals surface area contributed by atoms with Gasteiger partial charge < -0.3 is 4.42 Å². The van der Waals surface area contributed by atoms with E-state index in [2.05, 4.69) is 15.2 Å². The Kier molecular flexibility index (Phi) is 2.41. The number of hydrogen-bond acceptors (Lipinski definition) is 5. The van der Waals surface area contributed by atoms with Crippen LogP contribution in [-0.2, 0) is 0 Å². The lowest BCUT2D eigenvalue weighted by Gasteiger charge is -1.91. The molecule has 2 aromatic rings. The molecule has 6 heteroatoms. The fourth-order valence-corrected chi connectivity index (χ4v) is 1.21. The van der Waals surface area contributed by atoms with E-state index in [1.54, 1.807) is 12.1 Å². The first-order valence-corrected chi connectivity index (χ1v) is 4.73. The molecule has 5 nitrogen and oxygen atoms in total. The molecule has 2 aromatic heterocycles. The Morgan fingerprint density at radius 3 is 2.71 bits per heavy atom. The molecule has 0 amide bonds. The van der Waals surface area contributed by atoms with Gasteiger partial charge in [-0.3, -0.25) is 0 Å². The molecule has 0 unspecified atom stereocenters. The Hall–Kier alpha value is -1.49. The van der Waals surface area contributed by atoms with Crippen molar-refractivity contribution in [2.75, 3.05) is 0 Å². The van der Waals surface area contributed by atoms with E-state index in [9.17, 15) is 0 Å². The SMILES string of the molecule is N#Cc1ccc(-c2nnc(I)o2)nc1. The Bertz CT molecular complexity index is 485. The van der Waals surface area contributed by atoms with Gasteiger partial charge in [0.15, 0.2) is 0 Å². The van der Waals surface area contributed by atoms with E-state index in [1.165, 1.54) is 6.20 Å². The highest BCUT2D eigenvalue weighted by Gasteiger charge is 2.07. The van der Waals surface area contributed by atoms with Crippen LogP contribution in [0.4, 0.5) is 0 Å². The summed E-state index contributed by atoms with van der Waals surface area (Å²) in [5.41, 5.74) is 1.07. The fourth-order valence-electron chi connectivity index (χ4n) is 0.895. The van der Waals surface area contributed by atoms with Crippen molar-refractivity contribution in [2.45, 2.75) is 0 Å². The predicted molar refractivity (Wildman–Crippen MR) is 55.0 cm³/mol. The van der Waals surface area contributed by atoms with E-state index in [-0.39, 0.29) is 0 Å². The third kappa shape index (κ3) is 1.72. The van der Waals surface area contributed by atoms with Gasteiger partial charge in [-0.25, -0.2) is 4.98 Å². The van der Waals surface area contributed by atoms with Crippen LogP contribution in [0, 0.1) is 15.2 Å². The van der Waals surface area contributed by atoms with Gasteiger partial charge in [0.2, 0.25) is 0 Å². The summed E-state index contributed by atoms with van der Waals surface area (Å²) in [6, 6.07) is 5.30. The van der Waals surface area contributed by atoms with Crippen LogP contribution in [0.5, 0.6) is 0 Å². The second kappa shape index (κ2) is 3.71. The van der Waals surface area contributed by atoms with E-state index >= 15 is 0 Å². The van der Waals surface area contributed by atoms with Gasteiger partial charge in [0, 0.05) is 28.8 Å². The summed E-state index contributed by atoms with van der Waals surface area (Å²) >= 11 is 1.92. The van der Waals surface area contributed by atoms with Gasteiger partial charge in [0.25, 0.3) is 9.79 Å². The molecule has 0 atom stereocenters. The summed E-state index contributed by atoms with van der Waals surface area (Å²) in [5.74, 6) is 0.360. The molecule has 0 aliphatic rings. The zero-order valence-corrected chi connectivity index (χ0v) is 8.96. The second-order valence-electron chi connectivity index (χ2n) is 2.40. The normalized spacial score (nSPS) is 9.71. The van der Waals surface area contributed by atoms with Crippen molar-refractivity contribution in [3.63, 3.8) is 0 Å². The largest absolute Gasteiger partial charge is 0.410 e. The van der Waals surface area contributed by atoms with Gasteiger partial charge in [0.05, 0.1) is 5.56 Å². The Morgan fingerprint density at radius 2 is 2.21 bits per heavy atom. The molecule has 0 saturated heterocycles. The first-order valence-electron chi connectivity index (χ1n) is 3.65. The van der Waals surface area contributed by atoms with Crippen molar-refractivity contribution in [3.8, 4) is 17.7 Å². The molecule has 0 aromatic carbocycles. The van der Waals surface area contributed by atoms with Crippen LogP contribution in [-0.4, -0.2) is 15.2 Å². The molecule has 14 heavy (non-hydrogen) atoms. The minimum atomic E-state index is 0.360. The minimum Gasteiger partial charge on any atom is -0.410 e. The quantitative estimate of drug-likeness (QED) is 0.748. The predicted octanol–water partition coefficient (Wildman–Crippen LogP) is 1.61. The zero-order valence-electron chi connectivity index (χ0n) is 6.81. The van der Waals surface area contributed by atoms with Crippen LogP contribution in [0.1, 0.15) is 5.56 Å². The highest BCUT2D eigenvalue weighted by molar-refractivity contribution is 14.1. The monoisotopic (exact) mass is 298 g/mol. The van der Waals surface area contributed by atoms with E-state index in [1.807, 2.05) is 28.7 Å². The molecular formula is C8H3IN4O. The molecule has 0 N–H and O–H groups in total. The van der Waals surface area contributed by atoms with Gasteiger partial charge in [-0.1, -0.05) is 0 Å². The average Bonchev–Trinajstić information content (AvgIpc) is 2.65. The maximum atomic E-state index is 8.56. The molecule has 0 saturated carbocycles. The summed E-state index contributed by atoms with van der Waals surface area (Å²) in [4.78, 5) is 4.01. The van der Waals surface area contributed by atoms with E-state index in [0.29, 0.717) is 21.0 Å². The molecule has 0 bridgehead atoms. The first-order chi connectivity index (χ1) is 6.79. The summed E-state index contributed by atoms with van der Waals surface area (Å²) in [5, 5.41) is 16.0. The van der Waals surface area contributed by atoms with Gasteiger partial charge in [-0.2, -0.15) is 5.26 Å². The lowest BCUT2D eigenvalue weighted by molar-refractivity contribution is 0.535. The number of aromatic nitrogens is 3.